The number of rotatable bonds is 2. The van der Waals surface area contributed by atoms with Crippen LogP contribution < -0.4 is 16.0 Å². The molecule has 2 aromatic heterocycles. The van der Waals surface area contributed by atoms with Gasteiger partial charge in [0, 0.05) is 24.4 Å². The molecule has 3 N–H and O–H groups in total. The number of pyridine rings is 1. The summed E-state index contributed by atoms with van der Waals surface area (Å²) in [6.45, 7) is 0. The molecule has 0 radical (unpaired) electrons. The Morgan fingerprint density at radius 1 is 1.14 bits per heavy atom. The van der Waals surface area contributed by atoms with Crippen molar-refractivity contribution in [3.05, 3.63) is 52.6 Å². The quantitative estimate of drug-likeness (QED) is 0.704. The average molecular weight is 290 g/mol. The fourth-order valence-corrected chi connectivity index (χ4v) is 1.75. The van der Waals surface area contributed by atoms with Gasteiger partial charge in [-0.15, -0.1) is 0 Å². The normalized spacial score (nSPS) is 10.8. The van der Waals surface area contributed by atoms with Crippen molar-refractivity contribution >= 4 is 16.9 Å². The van der Waals surface area contributed by atoms with Gasteiger partial charge >= 0.3 is 0 Å². The molecule has 0 spiro atoms. The lowest BCUT2D eigenvalue weighted by molar-refractivity contribution is 0.440. The lowest BCUT2D eigenvalue weighted by Crippen LogP contribution is -2.06. The monoisotopic (exact) mass is 290 g/mol. The highest BCUT2D eigenvalue weighted by Gasteiger charge is 2.12. The Balaban J connectivity index is 2.10. The second kappa shape index (κ2) is 4.82. The van der Waals surface area contributed by atoms with E-state index in [4.69, 9.17) is 10.5 Å². The zero-order valence-electron chi connectivity index (χ0n) is 10.4. The number of aromatic nitrogens is 3. The Labute approximate surface area is 116 Å². The number of nitrogens with one attached hydrogen (secondary N) is 1. The predicted octanol–water partition coefficient (Wildman–Crippen LogP) is 1.97. The van der Waals surface area contributed by atoms with Gasteiger partial charge in [-0.2, -0.15) is 0 Å². The van der Waals surface area contributed by atoms with Crippen LogP contribution in [0.4, 0.5) is 14.5 Å². The van der Waals surface area contributed by atoms with Gasteiger partial charge < -0.3 is 15.5 Å². The molecular formula is C13H8F2N4O2. The van der Waals surface area contributed by atoms with Crippen LogP contribution in [0.5, 0.6) is 11.5 Å². The Morgan fingerprint density at radius 2 is 1.95 bits per heavy atom. The molecule has 0 aliphatic carbocycles. The molecular weight excluding hydrogens is 282 g/mol. The number of nitrogen functional groups attached to an aromatic ring is 1. The summed E-state index contributed by atoms with van der Waals surface area (Å²) < 4.78 is 32.4. The minimum Gasteiger partial charge on any atom is -0.452 e. The van der Waals surface area contributed by atoms with Crippen LogP contribution in [0.25, 0.3) is 11.2 Å². The van der Waals surface area contributed by atoms with E-state index in [1.54, 1.807) is 0 Å². The van der Waals surface area contributed by atoms with Gasteiger partial charge in [-0.3, -0.25) is 4.79 Å². The first-order chi connectivity index (χ1) is 10.0. The number of hydrogen-bond acceptors (Lipinski definition) is 5. The van der Waals surface area contributed by atoms with Gasteiger partial charge in [-0.05, 0) is 0 Å². The molecule has 0 unspecified atom stereocenters. The van der Waals surface area contributed by atoms with Crippen LogP contribution in [0.2, 0.25) is 0 Å². The first-order valence-corrected chi connectivity index (χ1v) is 5.81. The van der Waals surface area contributed by atoms with Crippen LogP contribution in [0.1, 0.15) is 0 Å². The first kappa shape index (κ1) is 13.0. The van der Waals surface area contributed by atoms with Crippen molar-refractivity contribution < 1.29 is 13.5 Å². The Hall–Kier alpha value is -3.03. The van der Waals surface area contributed by atoms with Crippen molar-refractivity contribution in [1.29, 1.82) is 0 Å². The second-order valence-corrected chi connectivity index (χ2v) is 4.16. The predicted molar refractivity (Wildman–Crippen MR) is 71.0 cm³/mol. The van der Waals surface area contributed by atoms with E-state index in [1.165, 1.54) is 12.3 Å². The summed E-state index contributed by atoms with van der Waals surface area (Å²) in [6, 6.07) is 3.08. The van der Waals surface area contributed by atoms with Gasteiger partial charge in [-0.25, -0.2) is 18.7 Å². The van der Waals surface area contributed by atoms with Crippen LogP contribution in [0.3, 0.4) is 0 Å². The van der Waals surface area contributed by atoms with Gasteiger partial charge in [-0.1, -0.05) is 0 Å². The smallest absolute Gasteiger partial charge is 0.268 e. The molecule has 0 saturated carbocycles. The molecule has 0 bridgehead atoms. The number of hydrogen-bond donors (Lipinski definition) is 2. The Bertz CT molecular complexity index is 895. The molecule has 2 heterocycles. The number of ether oxygens (including phenoxy) is 1. The third-order valence-electron chi connectivity index (χ3n) is 2.71. The second-order valence-electron chi connectivity index (χ2n) is 4.16. The molecule has 0 amide bonds. The van der Waals surface area contributed by atoms with Crippen molar-refractivity contribution in [3.63, 3.8) is 0 Å². The molecule has 21 heavy (non-hydrogen) atoms. The number of fused-ring (bicyclic) bond motifs is 1. The van der Waals surface area contributed by atoms with E-state index in [0.717, 1.165) is 18.3 Å². The first-order valence-electron chi connectivity index (χ1n) is 5.81. The highest BCUT2D eigenvalue weighted by atomic mass is 19.1. The van der Waals surface area contributed by atoms with Gasteiger partial charge in [0.2, 0.25) is 0 Å². The van der Waals surface area contributed by atoms with Crippen LogP contribution in [0, 0.1) is 11.6 Å². The van der Waals surface area contributed by atoms with Crippen LogP contribution >= 0.6 is 0 Å². The lowest BCUT2D eigenvalue weighted by Gasteiger charge is -2.09. The fourth-order valence-electron chi connectivity index (χ4n) is 1.75. The Kier molecular flexibility index (Phi) is 2.98. The van der Waals surface area contributed by atoms with Crippen molar-refractivity contribution in [1.82, 2.24) is 15.0 Å². The topological polar surface area (TPSA) is 93.9 Å². The Morgan fingerprint density at radius 3 is 2.76 bits per heavy atom. The summed E-state index contributed by atoms with van der Waals surface area (Å²) in [4.78, 5) is 21.4. The molecule has 3 aromatic rings. The summed E-state index contributed by atoms with van der Waals surface area (Å²) in [7, 11) is 0. The van der Waals surface area contributed by atoms with E-state index < -0.39 is 17.2 Å². The van der Waals surface area contributed by atoms with Crippen molar-refractivity contribution in [3.8, 4) is 11.5 Å². The van der Waals surface area contributed by atoms with Gasteiger partial charge in [0.05, 0.1) is 11.9 Å². The van der Waals surface area contributed by atoms with Crippen molar-refractivity contribution in [2.45, 2.75) is 0 Å². The van der Waals surface area contributed by atoms with Gasteiger partial charge in [0.25, 0.3) is 5.56 Å². The van der Waals surface area contributed by atoms with Gasteiger partial charge in [0.1, 0.15) is 11.3 Å². The van der Waals surface area contributed by atoms with Crippen molar-refractivity contribution in [2.24, 2.45) is 0 Å². The molecule has 106 valence electrons. The van der Waals surface area contributed by atoms with E-state index in [9.17, 15) is 13.6 Å². The van der Waals surface area contributed by atoms with E-state index in [1.807, 2.05) is 0 Å². The van der Waals surface area contributed by atoms with Crippen LogP contribution in [0.15, 0.2) is 35.4 Å². The number of halogens is 2. The van der Waals surface area contributed by atoms with Crippen molar-refractivity contribution in [2.75, 3.05) is 5.73 Å². The highest BCUT2D eigenvalue weighted by Crippen LogP contribution is 2.30. The van der Waals surface area contributed by atoms with E-state index in [-0.39, 0.29) is 28.4 Å². The molecule has 1 aromatic carbocycles. The molecule has 0 aliphatic heterocycles. The fraction of sp³-hybridized carbons (Fsp3) is 0. The number of anilines is 1. The number of nitrogens with zero attached hydrogens (tertiary/aromatic N) is 2. The summed E-state index contributed by atoms with van der Waals surface area (Å²) in [5.74, 6) is -1.84. The van der Waals surface area contributed by atoms with E-state index >= 15 is 0 Å². The lowest BCUT2D eigenvalue weighted by atomic mass is 10.3. The SMILES string of the molecule is Nc1cc(F)c(Oc2ccnc3[nH]c(=O)cnc23)cc1F. The summed E-state index contributed by atoms with van der Waals surface area (Å²) >= 11 is 0. The zero-order valence-corrected chi connectivity index (χ0v) is 10.4. The largest absolute Gasteiger partial charge is 0.452 e. The zero-order chi connectivity index (χ0) is 15.0. The summed E-state index contributed by atoms with van der Waals surface area (Å²) in [5, 5.41) is 0. The molecule has 0 aliphatic rings. The molecule has 8 heteroatoms. The third kappa shape index (κ3) is 2.38. The maximum absolute atomic E-state index is 13.7. The van der Waals surface area contributed by atoms with Gasteiger partial charge in [0.15, 0.2) is 23.0 Å². The standard InChI is InChI=1S/C13H8F2N4O2/c14-6-4-10(7(15)3-8(6)16)21-9-1-2-17-13-12(9)18-5-11(20)19-13/h1-5H,16H2,(H,17,19,20). The molecule has 0 fully saturated rings. The highest BCUT2D eigenvalue weighted by molar-refractivity contribution is 5.76. The number of nitrogens with two attached hydrogens (primary N) is 1. The van der Waals surface area contributed by atoms with E-state index in [0.29, 0.717) is 0 Å². The minimum absolute atomic E-state index is 0.124. The number of benzene rings is 1. The molecule has 3 rings (SSSR count). The molecule has 0 saturated heterocycles. The van der Waals surface area contributed by atoms with E-state index in [2.05, 4.69) is 15.0 Å². The van der Waals surface area contributed by atoms with Crippen LogP contribution in [-0.2, 0) is 0 Å². The maximum Gasteiger partial charge on any atom is 0.268 e. The summed E-state index contributed by atoms with van der Waals surface area (Å²) in [6.07, 6.45) is 2.39. The number of aromatic amines is 1. The minimum atomic E-state index is -0.816. The third-order valence-corrected chi connectivity index (χ3v) is 2.71. The van der Waals surface area contributed by atoms with Crippen LogP contribution in [-0.4, -0.2) is 15.0 Å². The maximum atomic E-state index is 13.7. The summed E-state index contributed by atoms with van der Waals surface area (Å²) in [5.41, 5.74) is 4.90. The molecule has 0 atom stereocenters. The molecule has 6 nitrogen and oxygen atoms in total. The average Bonchev–Trinajstić information content (AvgIpc) is 2.44. The number of H-pyrrole nitrogens is 1.